The third-order valence-electron chi connectivity index (χ3n) is 4.84. The molecule has 0 aliphatic heterocycles. The molecule has 1 aromatic carbocycles. The van der Waals surface area contributed by atoms with Gasteiger partial charge in [-0.25, -0.2) is 5.10 Å². The number of benzene rings is 1. The summed E-state index contributed by atoms with van der Waals surface area (Å²) in [4.78, 5) is 16.3. The number of aliphatic hydroxyl groups is 1. The molecule has 0 radical (unpaired) electrons. The summed E-state index contributed by atoms with van der Waals surface area (Å²) in [6.45, 7) is 1.97. The molecule has 8 nitrogen and oxygen atoms in total. The number of carbonyl (C=O) groups is 1. The van der Waals surface area contributed by atoms with Crippen molar-refractivity contribution in [3.8, 4) is 11.1 Å². The molecule has 0 fully saturated rings. The van der Waals surface area contributed by atoms with E-state index in [2.05, 4.69) is 25.6 Å². The zero-order chi connectivity index (χ0) is 19.9. The smallest absolute Gasteiger partial charge is 0.307 e. The summed E-state index contributed by atoms with van der Waals surface area (Å²) in [7, 11) is 0. The predicted octanol–water partition coefficient (Wildman–Crippen LogP) is 2.58. The van der Waals surface area contributed by atoms with Crippen molar-refractivity contribution in [2.24, 2.45) is 5.92 Å². The van der Waals surface area contributed by atoms with E-state index in [1.54, 1.807) is 6.20 Å². The third kappa shape index (κ3) is 4.58. The minimum absolute atomic E-state index is 0.0118. The first-order valence-corrected chi connectivity index (χ1v) is 9.24. The van der Waals surface area contributed by atoms with Crippen molar-refractivity contribution in [3.63, 3.8) is 0 Å². The van der Waals surface area contributed by atoms with Crippen LogP contribution in [-0.4, -0.2) is 41.8 Å². The summed E-state index contributed by atoms with van der Waals surface area (Å²) in [6.07, 6.45) is 3.49. The number of hydrogen-bond acceptors (Lipinski definition) is 6. The van der Waals surface area contributed by atoms with Crippen molar-refractivity contribution in [2.45, 2.75) is 38.7 Å². The molecule has 2 heterocycles. The van der Waals surface area contributed by atoms with Crippen molar-refractivity contribution in [1.29, 1.82) is 0 Å². The number of carboxylic acids is 1. The fraction of sp³-hybridized carbons (Fsp3) is 0.350. The maximum Gasteiger partial charge on any atom is 0.307 e. The van der Waals surface area contributed by atoms with Crippen LogP contribution in [0.3, 0.4) is 0 Å². The van der Waals surface area contributed by atoms with Crippen LogP contribution in [0.5, 0.6) is 0 Å². The fourth-order valence-electron chi connectivity index (χ4n) is 3.30. The molecular weight excluding hydrogens is 358 g/mol. The highest BCUT2D eigenvalue weighted by atomic mass is 16.4. The van der Waals surface area contributed by atoms with E-state index in [9.17, 15) is 9.90 Å². The fourth-order valence-corrected chi connectivity index (χ4v) is 3.30. The van der Waals surface area contributed by atoms with Crippen molar-refractivity contribution < 1.29 is 15.0 Å². The maximum atomic E-state index is 11.8. The number of aliphatic carboxylic acids is 1. The molecule has 3 rings (SSSR count). The standard InChI is InChI=1S/C20H23N5O3/c1-2-3-17(20(27)28)18(19-22-24-25-23-19)10-16-9-8-15(11-21-16)14-6-4-13(12-26)5-7-14/h4-9,11,17-18,26H,2-3,10,12H2,1H3,(H,27,28)(H,22,23,24,25)/t17-,18-/m0/s1. The Labute approximate surface area is 162 Å². The summed E-state index contributed by atoms with van der Waals surface area (Å²) in [6, 6.07) is 11.5. The van der Waals surface area contributed by atoms with Crippen LogP contribution in [0, 0.1) is 5.92 Å². The normalized spacial score (nSPS) is 13.2. The SMILES string of the molecule is CCC[C@H](C(=O)O)[C@H](Cc1ccc(-c2ccc(CO)cc2)cn1)c1nnn[nH]1. The van der Waals surface area contributed by atoms with Crippen LogP contribution in [0.25, 0.3) is 11.1 Å². The second kappa shape index (κ2) is 9.18. The average molecular weight is 381 g/mol. The van der Waals surface area contributed by atoms with Crippen molar-refractivity contribution in [1.82, 2.24) is 25.6 Å². The molecule has 0 aliphatic carbocycles. The van der Waals surface area contributed by atoms with Crippen LogP contribution < -0.4 is 0 Å². The molecule has 0 amide bonds. The van der Waals surface area contributed by atoms with Gasteiger partial charge < -0.3 is 10.2 Å². The van der Waals surface area contributed by atoms with Crippen molar-refractivity contribution >= 4 is 5.97 Å². The Bertz CT molecular complexity index is 879. The molecule has 0 saturated carbocycles. The number of aromatic amines is 1. The lowest BCUT2D eigenvalue weighted by atomic mass is 9.84. The molecule has 146 valence electrons. The summed E-state index contributed by atoms with van der Waals surface area (Å²) in [5, 5.41) is 32.7. The molecule has 3 aromatic rings. The number of H-pyrrole nitrogens is 1. The second-order valence-electron chi connectivity index (χ2n) is 6.72. The van der Waals surface area contributed by atoms with Crippen LogP contribution in [0.15, 0.2) is 42.6 Å². The van der Waals surface area contributed by atoms with E-state index in [-0.39, 0.29) is 12.5 Å². The van der Waals surface area contributed by atoms with Crippen LogP contribution in [0.1, 0.15) is 42.8 Å². The predicted molar refractivity (Wildman–Crippen MR) is 102 cm³/mol. The van der Waals surface area contributed by atoms with E-state index in [1.165, 1.54) is 0 Å². The summed E-state index contributed by atoms with van der Waals surface area (Å²) in [5.74, 6) is -1.36. The third-order valence-corrected chi connectivity index (χ3v) is 4.84. The lowest BCUT2D eigenvalue weighted by Gasteiger charge is -2.21. The minimum Gasteiger partial charge on any atom is -0.481 e. The number of aliphatic hydroxyl groups excluding tert-OH is 1. The van der Waals surface area contributed by atoms with E-state index in [0.29, 0.717) is 18.7 Å². The highest BCUT2D eigenvalue weighted by Crippen LogP contribution is 2.30. The topological polar surface area (TPSA) is 125 Å². The molecule has 0 saturated heterocycles. The Balaban J connectivity index is 1.81. The summed E-state index contributed by atoms with van der Waals surface area (Å²) in [5.41, 5.74) is 3.59. The first-order chi connectivity index (χ1) is 13.6. The molecular formula is C20H23N5O3. The Hall–Kier alpha value is -3.13. The number of tetrazole rings is 1. The Kier molecular flexibility index (Phi) is 6.44. The number of nitrogens with one attached hydrogen (secondary N) is 1. The lowest BCUT2D eigenvalue weighted by molar-refractivity contribution is -0.143. The van der Waals surface area contributed by atoms with Gasteiger partial charge in [-0.3, -0.25) is 9.78 Å². The van der Waals surface area contributed by atoms with Crippen LogP contribution >= 0.6 is 0 Å². The summed E-state index contributed by atoms with van der Waals surface area (Å²) >= 11 is 0. The molecule has 0 bridgehead atoms. The number of pyridine rings is 1. The second-order valence-corrected chi connectivity index (χ2v) is 6.72. The molecule has 2 aromatic heterocycles. The first-order valence-electron chi connectivity index (χ1n) is 9.24. The maximum absolute atomic E-state index is 11.8. The number of hydrogen-bond donors (Lipinski definition) is 3. The highest BCUT2D eigenvalue weighted by Gasteiger charge is 2.31. The first kappa shape index (κ1) is 19.6. The van der Waals surface area contributed by atoms with Crippen molar-refractivity contribution in [2.75, 3.05) is 0 Å². The number of nitrogens with zero attached hydrogens (tertiary/aromatic N) is 4. The van der Waals surface area contributed by atoms with Gasteiger partial charge >= 0.3 is 5.97 Å². The molecule has 3 N–H and O–H groups in total. The van der Waals surface area contributed by atoms with E-state index in [1.807, 2.05) is 43.3 Å². The van der Waals surface area contributed by atoms with Gasteiger partial charge in [0.25, 0.3) is 0 Å². The van der Waals surface area contributed by atoms with Gasteiger partial charge in [0.1, 0.15) is 0 Å². The van der Waals surface area contributed by atoms with Crippen LogP contribution in [0.2, 0.25) is 0 Å². The van der Waals surface area contributed by atoms with E-state index in [4.69, 9.17) is 5.11 Å². The number of carboxylic acid groups (broad SMARTS) is 1. The monoisotopic (exact) mass is 381 g/mol. The van der Waals surface area contributed by atoms with Crippen LogP contribution in [0.4, 0.5) is 0 Å². The van der Waals surface area contributed by atoms with Gasteiger partial charge in [-0.15, -0.1) is 5.10 Å². The van der Waals surface area contributed by atoms with Gasteiger partial charge in [0.2, 0.25) is 0 Å². The molecule has 0 spiro atoms. The van der Waals surface area contributed by atoms with E-state index >= 15 is 0 Å². The Morgan fingerprint density at radius 3 is 2.43 bits per heavy atom. The molecule has 0 unspecified atom stereocenters. The lowest BCUT2D eigenvalue weighted by Crippen LogP contribution is -2.25. The Morgan fingerprint density at radius 2 is 1.89 bits per heavy atom. The highest BCUT2D eigenvalue weighted by molar-refractivity contribution is 5.71. The molecule has 8 heteroatoms. The van der Waals surface area contributed by atoms with Crippen molar-refractivity contribution in [3.05, 3.63) is 59.7 Å². The van der Waals surface area contributed by atoms with E-state index < -0.39 is 11.9 Å². The van der Waals surface area contributed by atoms with Gasteiger partial charge in [0, 0.05) is 29.8 Å². The van der Waals surface area contributed by atoms with Gasteiger partial charge in [0.15, 0.2) is 5.82 Å². The largest absolute Gasteiger partial charge is 0.481 e. The number of rotatable bonds is 9. The molecule has 0 aliphatic rings. The van der Waals surface area contributed by atoms with E-state index in [0.717, 1.165) is 28.8 Å². The summed E-state index contributed by atoms with van der Waals surface area (Å²) < 4.78 is 0. The Morgan fingerprint density at radius 1 is 1.14 bits per heavy atom. The molecule has 2 atom stereocenters. The van der Waals surface area contributed by atoms with Gasteiger partial charge in [-0.1, -0.05) is 43.7 Å². The molecule has 28 heavy (non-hydrogen) atoms. The van der Waals surface area contributed by atoms with Gasteiger partial charge in [-0.2, -0.15) is 0 Å². The average Bonchev–Trinajstić information content (AvgIpc) is 3.25. The van der Waals surface area contributed by atoms with Crippen LogP contribution in [-0.2, 0) is 17.8 Å². The quantitative estimate of drug-likeness (QED) is 0.520. The van der Waals surface area contributed by atoms with Gasteiger partial charge in [-0.05, 0) is 34.0 Å². The van der Waals surface area contributed by atoms with Gasteiger partial charge in [0.05, 0.1) is 12.5 Å². The number of aromatic nitrogens is 5. The zero-order valence-corrected chi connectivity index (χ0v) is 15.6. The minimum atomic E-state index is -0.858. The zero-order valence-electron chi connectivity index (χ0n) is 15.6.